The van der Waals surface area contributed by atoms with Crippen molar-refractivity contribution in [3.8, 4) is 0 Å². The third-order valence-corrected chi connectivity index (χ3v) is 5.25. The van der Waals surface area contributed by atoms with Crippen molar-refractivity contribution in [2.75, 3.05) is 19.6 Å². The second kappa shape index (κ2) is 7.99. The molecular weight excluding hydrogens is 250 g/mol. The minimum atomic E-state index is 0.237. The zero-order valence-electron chi connectivity index (χ0n) is 12.9. The van der Waals surface area contributed by atoms with Crippen LogP contribution in [-0.2, 0) is 4.79 Å². The standard InChI is InChI=1S/C16H31N3O/c1-12(13-6-8-18-9-7-13)10-16(20)19-15-5-3-2-4-14(15)11-17/h12-15,18H,2-11,17H2,1H3,(H,19,20). The lowest BCUT2D eigenvalue weighted by Crippen LogP contribution is -2.45. The number of carbonyl (C=O) groups is 1. The number of hydrogen-bond donors (Lipinski definition) is 3. The van der Waals surface area contributed by atoms with E-state index in [0.29, 0.717) is 36.8 Å². The monoisotopic (exact) mass is 281 g/mol. The van der Waals surface area contributed by atoms with E-state index in [4.69, 9.17) is 5.73 Å². The van der Waals surface area contributed by atoms with Gasteiger partial charge in [0, 0.05) is 12.5 Å². The van der Waals surface area contributed by atoms with E-state index in [-0.39, 0.29) is 5.91 Å². The summed E-state index contributed by atoms with van der Waals surface area (Å²) in [5.41, 5.74) is 5.83. The fourth-order valence-electron chi connectivity index (χ4n) is 3.82. The van der Waals surface area contributed by atoms with E-state index in [1.54, 1.807) is 0 Å². The van der Waals surface area contributed by atoms with Crippen molar-refractivity contribution in [1.82, 2.24) is 10.6 Å². The molecule has 0 bridgehead atoms. The minimum Gasteiger partial charge on any atom is -0.353 e. The molecule has 0 aromatic rings. The summed E-state index contributed by atoms with van der Waals surface area (Å²) < 4.78 is 0. The van der Waals surface area contributed by atoms with Crippen LogP contribution in [0, 0.1) is 17.8 Å². The Bertz CT molecular complexity index is 302. The summed E-state index contributed by atoms with van der Waals surface area (Å²) in [6.07, 6.45) is 7.87. The van der Waals surface area contributed by atoms with Crippen molar-refractivity contribution < 1.29 is 4.79 Å². The molecule has 1 heterocycles. The molecule has 2 aliphatic rings. The number of hydrogen-bond acceptors (Lipinski definition) is 3. The number of rotatable bonds is 5. The van der Waals surface area contributed by atoms with Crippen LogP contribution in [0.2, 0.25) is 0 Å². The van der Waals surface area contributed by atoms with Crippen molar-refractivity contribution in [2.24, 2.45) is 23.5 Å². The Kier molecular flexibility index (Phi) is 6.30. The smallest absolute Gasteiger partial charge is 0.220 e. The molecule has 116 valence electrons. The Balaban J connectivity index is 1.75. The first-order valence-corrected chi connectivity index (χ1v) is 8.41. The lowest BCUT2D eigenvalue weighted by Gasteiger charge is -2.32. The van der Waals surface area contributed by atoms with E-state index >= 15 is 0 Å². The fraction of sp³-hybridized carbons (Fsp3) is 0.938. The molecule has 0 aromatic heterocycles. The highest BCUT2D eigenvalue weighted by atomic mass is 16.1. The van der Waals surface area contributed by atoms with Gasteiger partial charge >= 0.3 is 0 Å². The summed E-state index contributed by atoms with van der Waals surface area (Å²) in [4.78, 5) is 12.3. The Hall–Kier alpha value is -0.610. The lowest BCUT2D eigenvalue weighted by atomic mass is 9.82. The van der Waals surface area contributed by atoms with Crippen molar-refractivity contribution in [2.45, 2.75) is 57.9 Å². The molecule has 3 atom stereocenters. The van der Waals surface area contributed by atoms with Gasteiger partial charge in [-0.05, 0) is 63.1 Å². The van der Waals surface area contributed by atoms with Crippen molar-refractivity contribution in [3.63, 3.8) is 0 Å². The summed E-state index contributed by atoms with van der Waals surface area (Å²) in [5, 5.41) is 6.64. The van der Waals surface area contributed by atoms with E-state index in [0.717, 1.165) is 19.5 Å². The normalized spacial score (nSPS) is 29.9. The molecule has 0 aromatic carbocycles. The van der Waals surface area contributed by atoms with Crippen LogP contribution in [0.5, 0.6) is 0 Å². The van der Waals surface area contributed by atoms with Crippen LogP contribution in [-0.4, -0.2) is 31.6 Å². The van der Waals surface area contributed by atoms with Gasteiger partial charge in [-0.3, -0.25) is 4.79 Å². The molecule has 4 nitrogen and oxygen atoms in total. The quantitative estimate of drug-likeness (QED) is 0.718. The maximum Gasteiger partial charge on any atom is 0.220 e. The average Bonchev–Trinajstić information content (AvgIpc) is 2.48. The molecular formula is C16H31N3O. The number of piperidine rings is 1. The molecule has 2 rings (SSSR count). The fourth-order valence-corrected chi connectivity index (χ4v) is 3.82. The topological polar surface area (TPSA) is 67.2 Å². The van der Waals surface area contributed by atoms with Gasteiger partial charge in [-0.1, -0.05) is 19.8 Å². The minimum absolute atomic E-state index is 0.237. The Labute approximate surface area is 123 Å². The number of nitrogens with two attached hydrogens (primary N) is 1. The summed E-state index contributed by atoms with van der Waals surface area (Å²) >= 11 is 0. The zero-order chi connectivity index (χ0) is 14.4. The van der Waals surface area contributed by atoms with Gasteiger partial charge in [-0.2, -0.15) is 0 Å². The number of amides is 1. The van der Waals surface area contributed by atoms with Crippen LogP contribution in [0.4, 0.5) is 0 Å². The Morgan fingerprint density at radius 2 is 1.95 bits per heavy atom. The van der Waals surface area contributed by atoms with E-state index in [1.165, 1.54) is 32.1 Å². The van der Waals surface area contributed by atoms with Crippen LogP contribution in [0.15, 0.2) is 0 Å². The average molecular weight is 281 g/mol. The van der Waals surface area contributed by atoms with Crippen LogP contribution >= 0.6 is 0 Å². The van der Waals surface area contributed by atoms with Crippen LogP contribution in [0.1, 0.15) is 51.9 Å². The first-order chi connectivity index (χ1) is 9.70. The predicted molar refractivity (Wildman–Crippen MR) is 82.3 cm³/mol. The highest BCUT2D eigenvalue weighted by molar-refractivity contribution is 5.76. The first-order valence-electron chi connectivity index (χ1n) is 8.41. The lowest BCUT2D eigenvalue weighted by molar-refractivity contribution is -0.123. The molecule has 1 saturated heterocycles. The molecule has 20 heavy (non-hydrogen) atoms. The molecule has 1 amide bonds. The largest absolute Gasteiger partial charge is 0.353 e. The third-order valence-electron chi connectivity index (χ3n) is 5.25. The highest BCUT2D eigenvalue weighted by Gasteiger charge is 2.27. The summed E-state index contributed by atoms with van der Waals surface area (Å²) in [6, 6.07) is 0.321. The molecule has 1 aliphatic carbocycles. The molecule has 3 unspecified atom stereocenters. The van der Waals surface area contributed by atoms with Crippen LogP contribution in [0.25, 0.3) is 0 Å². The van der Waals surface area contributed by atoms with E-state index in [1.807, 2.05) is 0 Å². The Morgan fingerprint density at radius 3 is 2.65 bits per heavy atom. The van der Waals surface area contributed by atoms with E-state index in [9.17, 15) is 4.79 Å². The first kappa shape index (κ1) is 15.8. The molecule has 1 saturated carbocycles. The molecule has 4 N–H and O–H groups in total. The maximum absolute atomic E-state index is 12.3. The molecule has 4 heteroatoms. The third kappa shape index (κ3) is 4.45. The van der Waals surface area contributed by atoms with Gasteiger partial charge in [0.15, 0.2) is 0 Å². The van der Waals surface area contributed by atoms with Crippen LogP contribution < -0.4 is 16.4 Å². The maximum atomic E-state index is 12.3. The second-order valence-corrected chi connectivity index (χ2v) is 6.72. The summed E-state index contributed by atoms with van der Waals surface area (Å²) in [7, 11) is 0. The molecule has 0 spiro atoms. The predicted octanol–water partition coefficient (Wildman–Crippen LogP) is 1.65. The van der Waals surface area contributed by atoms with Gasteiger partial charge in [-0.25, -0.2) is 0 Å². The van der Waals surface area contributed by atoms with Gasteiger partial charge in [0.2, 0.25) is 5.91 Å². The molecule has 2 fully saturated rings. The highest BCUT2D eigenvalue weighted by Crippen LogP contribution is 2.26. The number of nitrogens with one attached hydrogen (secondary N) is 2. The van der Waals surface area contributed by atoms with Crippen molar-refractivity contribution >= 4 is 5.91 Å². The van der Waals surface area contributed by atoms with Crippen LogP contribution in [0.3, 0.4) is 0 Å². The molecule has 0 radical (unpaired) electrons. The van der Waals surface area contributed by atoms with Gasteiger partial charge in [0.1, 0.15) is 0 Å². The second-order valence-electron chi connectivity index (χ2n) is 6.72. The Morgan fingerprint density at radius 1 is 1.25 bits per heavy atom. The SMILES string of the molecule is CC(CC(=O)NC1CCCCC1CN)C1CCNCC1. The van der Waals surface area contributed by atoms with E-state index in [2.05, 4.69) is 17.6 Å². The summed E-state index contributed by atoms with van der Waals surface area (Å²) in [5.74, 6) is 1.93. The summed E-state index contributed by atoms with van der Waals surface area (Å²) in [6.45, 7) is 5.15. The van der Waals surface area contributed by atoms with E-state index < -0.39 is 0 Å². The van der Waals surface area contributed by atoms with Gasteiger partial charge < -0.3 is 16.4 Å². The number of carbonyl (C=O) groups excluding carboxylic acids is 1. The van der Waals surface area contributed by atoms with Crippen molar-refractivity contribution in [1.29, 1.82) is 0 Å². The van der Waals surface area contributed by atoms with Crippen molar-refractivity contribution in [3.05, 3.63) is 0 Å². The zero-order valence-corrected chi connectivity index (χ0v) is 12.9. The van der Waals surface area contributed by atoms with Gasteiger partial charge in [0.05, 0.1) is 0 Å². The van der Waals surface area contributed by atoms with Gasteiger partial charge in [0.25, 0.3) is 0 Å². The molecule has 1 aliphatic heterocycles. The van der Waals surface area contributed by atoms with Gasteiger partial charge in [-0.15, -0.1) is 0 Å².